The van der Waals surface area contributed by atoms with Gasteiger partial charge < -0.3 is 32.9 Å². The van der Waals surface area contributed by atoms with E-state index in [2.05, 4.69) is 0 Å². The van der Waals surface area contributed by atoms with Gasteiger partial charge >= 0.3 is 64.5 Å². The van der Waals surface area contributed by atoms with Crippen LogP contribution in [0.4, 0.5) is 0 Å². The Kier molecular flexibility index (Phi) is 29.2. The van der Waals surface area contributed by atoms with Crippen molar-refractivity contribution in [3.8, 4) is 0 Å². The Morgan fingerprint density at radius 1 is 0.385 bits per heavy atom. The van der Waals surface area contributed by atoms with Gasteiger partial charge in [0.1, 0.15) is 0 Å². The van der Waals surface area contributed by atoms with E-state index in [0.29, 0.717) is 0 Å². The quantitative estimate of drug-likeness (QED) is 0.394. The third kappa shape index (κ3) is 456. The van der Waals surface area contributed by atoms with Crippen LogP contribution in [-0.2, 0) is 6.64 Å². The molecule has 0 aliphatic heterocycles. The second-order valence-corrected chi connectivity index (χ2v) is 55.8. The van der Waals surface area contributed by atoms with Gasteiger partial charge in [-0.25, -0.2) is 0 Å². The summed E-state index contributed by atoms with van der Waals surface area (Å²) in [6, 6.07) is 0. The summed E-state index contributed by atoms with van der Waals surface area (Å²) in [6.07, 6.45) is 0. The van der Waals surface area contributed by atoms with Crippen molar-refractivity contribution in [3.63, 3.8) is 0 Å². The molecule has 0 aliphatic rings. The van der Waals surface area contributed by atoms with Crippen molar-refractivity contribution in [2.24, 2.45) is 0 Å². The second-order valence-electron chi connectivity index (χ2n) is 0.758. The van der Waals surface area contributed by atoms with E-state index in [9.17, 15) is 0 Å². The summed E-state index contributed by atoms with van der Waals surface area (Å²) < 4.78 is 0. The Hall–Kier alpha value is 2.14. The fourth-order valence-corrected chi connectivity index (χ4v) is 0. The zero-order valence-electron chi connectivity index (χ0n) is 5.62. The standard InChI is InChI=1S/6ClH.6H2O.Os/h6*1H;6*1H2;/q;;;;;;;;;;;;+6/p-6. The molecule has 0 bridgehead atoms. The molecule has 0 aromatic rings. The summed E-state index contributed by atoms with van der Waals surface area (Å²) >= 11 is 0. The van der Waals surface area contributed by atoms with Crippen molar-refractivity contribution in [2.45, 2.75) is 0 Å². The van der Waals surface area contributed by atoms with E-state index in [4.69, 9.17) is 57.8 Å². The molecule has 12 N–H and O–H groups in total. The van der Waals surface area contributed by atoms with Crippen molar-refractivity contribution in [1.82, 2.24) is 0 Å². The average Bonchev–Trinajstić information content (AvgIpc) is 0.592. The molecule has 0 saturated carbocycles. The van der Waals surface area contributed by atoms with E-state index in [1.54, 1.807) is 0 Å². The number of halogens is 6. The van der Waals surface area contributed by atoms with Crippen molar-refractivity contribution in [3.05, 3.63) is 0 Å². The van der Waals surface area contributed by atoms with Crippen LogP contribution in [0, 0.1) is 0 Å². The second kappa shape index (κ2) is 8.31. The SMILES string of the molecule is O.O.O.O.O.O.[Cl][Os]([Cl])([Cl])([Cl])([Cl])[Cl]. The third-order valence-corrected chi connectivity index (χ3v) is 0. The van der Waals surface area contributed by atoms with Gasteiger partial charge in [0, 0.05) is 0 Å². The Labute approximate surface area is 96.6 Å². The summed E-state index contributed by atoms with van der Waals surface area (Å²) in [4.78, 5) is 0. The third-order valence-electron chi connectivity index (χ3n) is 0. The molecule has 0 saturated heterocycles. The molecule has 0 rings (SSSR count). The van der Waals surface area contributed by atoms with Crippen LogP contribution in [-0.4, -0.2) is 32.9 Å². The van der Waals surface area contributed by atoms with E-state index in [1.165, 1.54) is 0 Å². The normalized spacial score (nSPS) is 12.5. The van der Waals surface area contributed by atoms with Gasteiger partial charge in [0.2, 0.25) is 0 Å². The first-order valence-electron chi connectivity index (χ1n) is 0.802. The fraction of sp³-hybridized carbons (Fsp3) is 0. The number of hydrogen-bond acceptors (Lipinski definition) is 0. The molecule has 0 atom stereocenters. The van der Waals surface area contributed by atoms with Crippen LogP contribution in [0.15, 0.2) is 0 Å². The number of hydrogen-bond donors (Lipinski definition) is 0. The molecular weight excluding hydrogens is 499 g/mol. The molecule has 13 heteroatoms. The van der Waals surface area contributed by atoms with Gasteiger partial charge in [0.05, 0.1) is 0 Å². The van der Waals surface area contributed by atoms with Gasteiger partial charge in [-0.05, 0) is 0 Å². The topological polar surface area (TPSA) is 189 Å². The van der Waals surface area contributed by atoms with E-state index in [0.717, 1.165) is 0 Å². The molecule has 0 aliphatic carbocycles. The summed E-state index contributed by atoms with van der Waals surface area (Å²) in [5, 5.41) is 0. The van der Waals surface area contributed by atoms with Crippen molar-refractivity contribution in [2.75, 3.05) is 0 Å². The molecule has 0 spiro atoms. The number of rotatable bonds is 0. The van der Waals surface area contributed by atoms with Crippen LogP contribution >= 0.6 is 57.8 Å². The van der Waals surface area contributed by atoms with Gasteiger partial charge in [0.15, 0.2) is 0 Å². The molecule has 13 heavy (non-hydrogen) atoms. The minimum absolute atomic E-state index is 0. The molecule has 0 amide bonds. The molecule has 0 aromatic heterocycles. The van der Waals surface area contributed by atoms with Crippen LogP contribution in [0.3, 0.4) is 0 Å². The first kappa shape index (κ1) is 45.7. The van der Waals surface area contributed by atoms with Crippen LogP contribution in [0.2, 0.25) is 0 Å². The van der Waals surface area contributed by atoms with Gasteiger partial charge in [-0.3, -0.25) is 0 Å². The maximum atomic E-state index is 5.06. The minimum atomic E-state index is -5.38. The molecule has 0 fully saturated rings. The molecule has 0 unspecified atom stereocenters. The Morgan fingerprint density at radius 3 is 0.385 bits per heavy atom. The zero-order chi connectivity index (χ0) is 6.41. The summed E-state index contributed by atoms with van der Waals surface area (Å²) in [7, 11) is 30.4. The van der Waals surface area contributed by atoms with E-state index in [-0.39, 0.29) is 32.9 Å². The Bertz CT molecular complexity index is 75.7. The first-order chi connectivity index (χ1) is 2.45. The van der Waals surface area contributed by atoms with Gasteiger partial charge in [0.25, 0.3) is 0 Å². The zero-order valence-corrected chi connectivity index (χ0v) is 12.7. The summed E-state index contributed by atoms with van der Waals surface area (Å²) in [6.45, 7) is -5.38. The van der Waals surface area contributed by atoms with E-state index < -0.39 is 6.64 Å². The molecule has 0 heterocycles. The monoisotopic (exact) mass is 510 g/mol. The summed E-state index contributed by atoms with van der Waals surface area (Å²) in [5.74, 6) is 0. The maximum absolute atomic E-state index is 5.38. The molecule has 0 aromatic carbocycles. The summed E-state index contributed by atoms with van der Waals surface area (Å²) in [5.41, 5.74) is 0. The average molecular weight is 511 g/mol. The van der Waals surface area contributed by atoms with Crippen LogP contribution < -0.4 is 0 Å². The molecule has 98 valence electrons. The Balaban J connectivity index is -0.0000000120. The van der Waals surface area contributed by atoms with E-state index >= 15 is 0 Å². The van der Waals surface area contributed by atoms with Crippen molar-refractivity contribution >= 4 is 57.8 Å². The van der Waals surface area contributed by atoms with Crippen LogP contribution in [0.25, 0.3) is 0 Å². The van der Waals surface area contributed by atoms with Gasteiger partial charge in [-0.1, -0.05) is 0 Å². The predicted molar refractivity (Wildman–Crippen MR) is 56.8 cm³/mol. The van der Waals surface area contributed by atoms with Gasteiger partial charge in [-0.2, -0.15) is 0 Å². The first-order valence-corrected chi connectivity index (χ1v) is 19.7. The van der Waals surface area contributed by atoms with E-state index in [1.807, 2.05) is 0 Å². The van der Waals surface area contributed by atoms with Gasteiger partial charge in [-0.15, -0.1) is 0 Å². The molecule has 6 nitrogen and oxygen atoms in total. The van der Waals surface area contributed by atoms with Crippen LogP contribution in [0.1, 0.15) is 0 Å². The molecular formula is H12Cl6O6Os. The van der Waals surface area contributed by atoms with Crippen molar-refractivity contribution in [1.29, 1.82) is 0 Å². The van der Waals surface area contributed by atoms with Crippen LogP contribution in [0.5, 0.6) is 0 Å². The molecule has 0 radical (unpaired) electrons. The predicted octanol–water partition coefficient (Wildman–Crippen LogP) is -0.814. The fourth-order valence-electron chi connectivity index (χ4n) is 0. The van der Waals surface area contributed by atoms with Crippen molar-refractivity contribution < 1.29 is 39.5 Å². The Morgan fingerprint density at radius 2 is 0.385 bits per heavy atom.